The maximum atomic E-state index is 13.8. The van der Waals surface area contributed by atoms with Crippen molar-refractivity contribution < 1.29 is 23.9 Å². The summed E-state index contributed by atoms with van der Waals surface area (Å²) in [7, 11) is 4.76. The van der Waals surface area contributed by atoms with Crippen molar-refractivity contribution >= 4 is 52.5 Å². The molecule has 0 bridgehead atoms. The number of ether oxygens (including phenoxy) is 1. The van der Waals surface area contributed by atoms with E-state index in [1.165, 1.54) is 7.11 Å². The summed E-state index contributed by atoms with van der Waals surface area (Å²) in [6.45, 7) is 7.79. The molecule has 4 amide bonds. The van der Waals surface area contributed by atoms with Crippen LogP contribution in [0.2, 0.25) is 0 Å². The molecule has 1 aliphatic heterocycles. The summed E-state index contributed by atoms with van der Waals surface area (Å²) >= 11 is 0. The highest BCUT2D eigenvalue weighted by atomic mass is 16.5. The minimum Gasteiger partial charge on any atom is -0.494 e. The van der Waals surface area contributed by atoms with Gasteiger partial charge in [-0.15, -0.1) is 0 Å². The number of likely N-dealkylation sites (N-methyl/N-ethyl adjacent to an activating group) is 1. The van der Waals surface area contributed by atoms with E-state index in [1.54, 1.807) is 74.6 Å². The number of methoxy groups -OCH3 is 1. The van der Waals surface area contributed by atoms with Crippen LogP contribution in [0.5, 0.6) is 5.75 Å². The van der Waals surface area contributed by atoms with Gasteiger partial charge in [-0.1, -0.05) is 32.9 Å². The highest BCUT2D eigenvalue weighted by molar-refractivity contribution is 6.00. The van der Waals surface area contributed by atoms with Crippen molar-refractivity contribution in [2.75, 3.05) is 43.7 Å². The minimum absolute atomic E-state index is 0.230. The molecule has 0 aliphatic carbocycles. The quantitative estimate of drug-likeness (QED) is 0.169. The number of hydrogen-bond acceptors (Lipinski definition) is 10. The van der Waals surface area contributed by atoms with Crippen LogP contribution in [0, 0.1) is 5.41 Å². The summed E-state index contributed by atoms with van der Waals surface area (Å²) in [5.74, 6) is 0.0318. The molecule has 1 saturated heterocycles. The number of hydrogen-bond donors (Lipinski definition) is 6. The number of rotatable bonds is 12. The number of anilines is 5. The van der Waals surface area contributed by atoms with Gasteiger partial charge in [-0.2, -0.15) is 4.98 Å². The fourth-order valence-electron chi connectivity index (χ4n) is 5.29. The Labute approximate surface area is 280 Å². The van der Waals surface area contributed by atoms with Crippen LogP contribution in [-0.2, 0) is 14.4 Å². The van der Waals surface area contributed by atoms with Crippen molar-refractivity contribution in [3.63, 3.8) is 0 Å². The standard InChI is InChI=1S/C34H45N9O5/c1-20(35-5)29(44)42-28(34(2,3)4)32(47)43-18-10-13-25(43)31(46)38-21-14-15-24(26(19-21)48-7)40-33-37-17-16-27(41-33)39-23-12-9-8-11-22(23)30(45)36-6/h8-9,11-12,14-17,19-20,25,28,35H,10,13,18H2,1-7H3,(H,36,45)(H,38,46)(H,42,44)(H2,37,39,40,41)/t20-,25+,28+/m0/s1. The maximum absolute atomic E-state index is 13.8. The highest BCUT2D eigenvalue weighted by Crippen LogP contribution is 2.32. The van der Waals surface area contributed by atoms with Crippen LogP contribution in [0.25, 0.3) is 0 Å². The van der Waals surface area contributed by atoms with E-state index in [4.69, 9.17) is 4.74 Å². The van der Waals surface area contributed by atoms with Crippen molar-refractivity contribution in [2.24, 2.45) is 5.41 Å². The molecule has 2 heterocycles. The third-order valence-corrected chi connectivity index (χ3v) is 8.10. The van der Waals surface area contributed by atoms with E-state index in [2.05, 4.69) is 41.9 Å². The largest absolute Gasteiger partial charge is 0.494 e. The van der Waals surface area contributed by atoms with E-state index in [0.717, 1.165) is 0 Å². The van der Waals surface area contributed by atoms with Crippen LogP contribution >= 0.6 is 0 Å². The molecule has 1 fully saturated rings. The van der Waals surface area contributed by atoms with E-state index in [0.29, 0.717) is 53.6 Å². The first-order valence-electron chi connectivity index (χ1n) is 15.8. The summed E-state index contributed by atoms with van der Waals surface area (Å²) in [5.41, 5.74) is 1.51. The second-order valence-electron chi connectivity index (χ2n) is 12.6. The summed E-state index contributed by atoms with van der Waals surface area (Å²) in [4.78, 5) is 62.6. The SMILES string of the molecule is CNC(=O)c1ccccc1Nc1ccnc(Nc2ccc(NC(=O)[C@H]3CCCN3C(=O)[C@@H](NC(=O)[C@H](C)NC)C(C)(C)C)cc2OC)n1. The Bertz CT molecular complexity index is 1640. The molecule has 4 rings (SSSR count). The number of benzene rings is 2. The highest BCUT2D eigenvalue weighted by Gasteiger charge is 2.42. The third kappa shape index (κ3) is 8.56. The molecule has 3 aromatic rings. The average molecular weight is 660 g/mol. The molecule has 1 aromatic heterocycles. The monoisotopic (exact) mass is 659 g/mol. The van der Waals surface area contributed by atoms with Gasteiger partial charge in [-0.05, 0) is 62.6 Å². The Balaban J connectivity index is 1.46. The number of likely N-dealkylation sites (tertiary alicyclic amines) is 1. The van der Waals surface area contributed by atoms with Crippen LogP contribution in [-0.4, -0.2) is 84.4 Å². The van der Waals surface area contributed by atoms with Gasteiger partial charge < -0.3 is 41.5 Å². The van der Waals surface area contributed by atoms with Gasteiger partial charge in [0.25, 0.3) is 5.91 Å². The Morgan fingerprint density at radius 1 is 1.00 bits per heavy atom. The Hall–Kier alpha value is -5.24. The van der Waals surface area contributed by atoms with E-state index >= 15 is 0 Å². The number of nitrogens with one attached hydrogen (secondary N) is 6. The first kappa shape index (κ1) is 35.6. The second-order valence-corrected chi connectivity index (χ2v) is 12.6. The van der Waals surface area contributed by atoms with E-state index < -0.39 is 23.5 Å². The van der Waals surface area contributed by atoms with Gasteiger partial charge >= 0.3 is 0 Å². The van der Waals surface area contributed by atoms with Crippen molar-refractivity contribution in [1.82, 2.24) is 30.8 Å². The lowest BCUT2D eigenvalue weighted by molar-refractivity contribution is -0.143. The molecule has 256 valence electrons. The predicted octanol–water partition coefficient (Wildman–Crippen LogP) is 3.40. The van der Waals surface area contributed by atoms with Gasteiger partial charge in [-0.3, -0.25) is 19.2 Å². The smallest absolute Gasteiger partial charge is 0.253 e. The zero-order chi connectivity index (χ0) is 35.0. The lowest BCUT2D eigenvalue weighted by atomic mass is 9.85. The fourth-order valence-corrected chi connectivity index (χ4v) is 5.29. The van der Waals surface area contributed by atoms with Crippen LogP contribution in [0.1, 0.15) is 50.9 Å². The molecular weight excluding hydrogens is 614 g/mol. The van der Waals surface area contributed by atoms with Gasteiger partial charge in [-0.25, -0.2) is 4.98 Å². The molecule has 6 N–H and O–H groups in total. The minimum atomic E-state index is -0.804. The van der Waals surface area contributed by atoms with Gasteiger partial charge in [0, 0.05) is 31.5 Å². The van der Waals surface area contributed by atoms with Crippen LogP contribution in [0.3, 0.4) is 0 Å². The molecule has 0 spiro atoms. The van der Waals surface area contributed by atoms with E-state index in [-0.39, 0.29) is 29.6 Å². The number of carbonyl (C=O) groups excluding carboxylic acids is 4. The number of carbonyl (C=O) groups is 4. The predicted molar refractivity (Wildman–Crippen MR) is 185 cm³/mol. The normalized spacial score (nSPS) is 15.6. The van der Waals surface area contributed by atoms with Crippen molar-refractivity contribution in [3.8, 4) is 5.75 Å². The Kier molecular flexibility index (Phi) is 11.5. The van der Waals surface area contributed by atoms with E-state index in [1.807, 2.05) is 26.8 Å². The lowest BCUT2D eigenvalue weighted by Crippen LogP contribution is -2.59. The molecule has 0 saturated carbocycles. The van der Waals surface area contributed by atoms with Gasteiger partial charge in [0.1, 0.15) is 23.7 Å². The molecule has 3 atom stereocenters. The first-order chi connectivity index (χ1) is 22.9. The Morgan fingerprint density at radius 3 is 2.44 bits per heavy atom. The molecule has 2 aromatic carbocycles. The second kappa shape index (κ2) is 15.6. The van der Waals surface area contributed by atoms with Crippen molar-refractivity contribution in [1.29, 1.82) is 0 Å². The molecule has 48 heavy (non-hydrogen) atoms. The Morgan fingerprint density at radius 2 is 1.75 bits per heavy atom. The summed E-state index contributed by atoms with van der Waals surface area (Å²) < 4.78 is 5.60. The zero-order valence-corrected chi connectivity index (χ0v) is 28.4. The molecule has 1 aliphatic rings. The van der Waals surface area contributed by atoms with Gasteiger partial charge in [0.05, 0.1) is 30.1 Å². The van der Waals surface area contributed by atoms with Gasteiger partial charge in [0.15, 0.2) is 0 Å². The summed E-state index contributed by atoms with van der Waals surface area (Å²) in [6, 6.07) is 11.9. The number of amides is 4. The first-order valence-corrected chi connectivity index (χ1v) is 15.8. The summed E-state index contributed by atoms with van der Waals surface area (Å²) in [6.07, 6.45) is 2.74. The number of nitrogens with zero attached hydrogens (tertiary/aromatic N) is 3. The van der Waals surface area contributed by atoms with Crippen LogP contribution < -0.4 is 36.6 Å². The average Bonchev–Trinajstić information content (AvgIpc) is 3.57. The van der Waals surface area contributed by atoms with Crippen molar-refractivity contribution in [2.45, 2.75) is 58.7 Å². The van der Waals surface area contributed by atoms with Crippen molar-refractivity contribution in [3.05, 3.63) is 60.3 Å². The zero-order valence-electron chi connectivity index (χ0n) is 28.4. The van der Waals surface area contributed by atoms with Gasteiger partial charge in [0.2, 0.25) is 23.7 Å². The molecular formula is C34H45N9O5. The molecule has 14 nitrogen and oxygen atoms in total. The third-order valence-electron chi connectivity index (χ3n) is 8.10. The molecule has 14 heteroatoms. The summed E-state index contributed by atoms with van der Waals surface area (Å²) in [5, 5.41) is 17.6. The van der Waals surface area contributed by atoms with E-state index in [9.17, 15) is 19.2 Å². The lowest BCUT2D eigenvalue weighted by Gasteiger charge is -2.36. The number of aromatic nitrogens is 2. The number of para-hydroxylation sites is 1. The maximum Gasteiger partial charge on any atom is 0.253 e. The molecule has 0 unspecified atom stereocenters. The topological polar surface area (TPSA) is 179 Å². The van der Waals surface area contributed by atoms with Crippen LogP contribution in [0.15, 0.2) is 54.7 Å². The van der Waals surface area contributed by atoms with Crippen LogP contribution in [0.4, 0.5) is 28.8 Å². The fraction of sp³-hybridized carbons (Fsp3) is 0.412. The molecule has 0 radical (unpaired) electrons.